The second-order valence-electron chi connectivity index (χ2n) is 29.0. The van der Waals surface area contributed by atoms with Gasteiger partial charge in [0.05, 0.1) is 38.3 Å². The minimum atomic E-state index is -1.87. The van der Waals surface area contributed by atoms with E-state index < -0.39 is 182 Å². The van der Waals surface area contributed by atoms with Crippen LogP contribution in [-0.4, -0.2) is 225 Å². The monoisotopic (exact) mass is 2180 g/mol. The van der Waals surface area contributed by atoms with E-state index in [-0.39, 0.29) is 37.5 Å². The molecule has 5 unspecified atom stereocenters. The van der Waals surface area contributed by atoms with E-state index in [2.05, 4.69) is 63.7 Å². The number of esters is 6. The van der Waals surface area contributed by atoms with Gasteiger partial charge >= 0.3 is 35.8 Å². The number of benzene rings is 4. The summed E-state index contributed by atoms with van der Waals surface area (Å²) in [5, 5.41) is 103. The summed E-state index contributed by atoms with van der Waals surface area (Å²) in [6.45, 7) is 9.67. The molecule has 42 heteroatoms. The van der Waals surface area contributed by atoms with Gasteiger partial charge in [-0.1, -0.05) is 90.6 Å². The van der Waals surface area contributed by atoms with Crippen molar-refractivity contribution >= 4 is 197 Å². The van der Waals surface area contributed by atoms with Crippen molar-refractivity contribution in [1.82, 2.24) is 0 Å². The number of thiophene rings is 4. The smallest absolute Gasteiger partial charge is 0.303 e. The normalized spacial score (nSPS) is 27.9. The molecule has 4 aromatic carbocycles. The number of ketones is 1. The van der Waals surface area contributed by atoms with Gasteiger partial charge in [0.2, 0.25) is 35.4 Å². The van der Waals surface area contributed by atoms with Crippen molar-refractivity contribution in [3.05, 3.63) is 221 Å². The molecule has 4 fully saturated rings. The Morgan fingerprint density at radius 1 is 0.425 bits per heavy atom. The number of carbonyl (C=O) groups is 7. The van der Waals surface area contributed by atoms with E-state index >= 15 is 0 Å². The SMILES string of the molecule is CC[C@H]1OC(OC)(c2ccc(Cl)c(C(=O)c3ccc(Br)s3)c2)[C@H](OC(C)=O)[C@@H](OC(C)=O)[C@@H]1OC(C)=O.CC[C@H]1OC(OC)(c2ccc(Cl)c(C(O)c3ccc(Br)s3)c2)[C@H](OC(C)=O)[C@@H](OC(C)=O)[C@@H]1OC(C)=O.COC1(c2ccc(Cl)c(C(O)c3ccc(Br)s3)c2)O[C@H](CO)[C@@H](O)[C@H](O)[C@H]1O.OC[C@H]1O[C@@H](c2ccc(Cl)c(Cc3ccc(Br)s3)c2)[C@H](O)[C@@H](O)[C@@H]1O. The molecule has 0 amide bonds. The van der Waals surface area contributed by atoms with Crippen LogP contribution in [0.4, 0.5) is 0 Å². The van der Waals surface area contributed by atoms with Gasteiger partial charge in [0, 0.05) is 132 Å². The Bertz CT molecular complexity index is 5150. The number of methoxy groups -OCH3 is 3. The van der Waals surface area contributed by atoms with Crippen LogP contribution in [0.3, 0.4) is 0 Å². The average Bonchev–Trinajstić information content (AvgIpc) is 1.20. The first-order valence-electron chi connectivity index (χ1n) is 38.8. The number of aliphatic hydroxyl groups excluding tert-OH is 10. The lowest BCUT2D eigenvalue weighted by atomic mass is 9.85. The molecule has 0 spiro atoms. The second-order valence-corrected chi connectivity index (χ2v) is 40.7. The number of hydrogen-bond acceptors (Lipinski definition) is 34. The second kappa shape index (κ2) is 46.5. The first-order chi connectivity index (χ1) is 60.0. The summed E-state index contributed by atoms with van der Waals surface area (Å²) in [7, 11) is 3.94. The molecule has 0 bridgehead atoms. The number of rotatable bonds is 25. The first-order valence-corrected chi connectivity index (χ1v) is 46.7. The molecule has 4 saturated heterocycles. The fourth-order valence-corrected chi connectivity index (χ4v) is 21.3. The van der Waals surface area contributed by atoms with Gasteiger partial charge in [-0.2, -0.15) is 0 Å². The third-order valence-corrected chi connectivity index (χ3v) is 28.6. The maximum atomic E-state index is 13.3. The molecule has 12 rings (SSSR count). The highest BCUT2D eigenvalue weighted by molar-refractivity contribution is 9.11. The van der Waals surface area contributed by atoms with E-state index in [0.29, 0.717) is 61.2 Å². The molecule has 4 aliphatic rings. The summed E-state index contributed by atoms with van der Waals surface area (Å²) in [6, 6.07) is 33.6. The van der Waals surface area contributed by atoms with Gasteiger partial charge in [-0.15, -0.1) is 45.3 Å². The largest absolute Gasteiger partial charge is 0.456 e. The summed E-state index contributed by atoms with van der Waals surface area (Å²) in [6.07, 6.45) is -21.8. The van der Waals surface area contributed by atoms with Crippen LogP contribution < -0.4 is 0 Å². The highest BCUT2D eigenvalue weighted by Crippen LogP contribution is 2.50. The van der Waals surface area contributed by atoms with Gasteiger partial charge in [-0.3, -0.25) is 33.6 Å². The van der Waals surface area contributed by atoms with Crippen molar-refractivity contribution < 1.29 is 146 Å². The third kappa shape index (κ3) is 24.6. The molecule has 10 N–H and O–H groups in total. The van der Waals surface area contributed by atoms with Crippen molar-refractivity contribution in [2.75, 3.05) is 34.5 Å². The average molecular weight is 2180 g/mol. The summed E-state index contributed by atoms with van der Waals surface area (Å²) in [5.74, 6) is -9.95. The summed E-state index contributed by atoms with van der Waals surface area (Å²) >= 11 is 44.5. The number of hydrogen-bond donors (Lipinski definition) is 10. The zero-order valence-corrected chi connectivity index (χ0v) is 82.0. The molecule has 8 aromatic rings. The van der Waals surface area contributed by atoms with Crippen LogP contribution in [-0.2, 0) is 114 Å². The molecule has 4 aromatic heterocycles. The van der Waals surface area contributed by atoms with Crippen LogP contribution in [0.1, 0.15) is 155 Å². The number of halogens is 8. The fourth-order valence-electron chi connectivity index (χ4n) is 14.8. The molecule has 22 atom stereocenters. The van der Waals surface area contributed by atoms with Crippen molar-refractivity contribution in [1.29, 1.82) is 0 Å². The van der Waals surface area contributed by atoms with Crippen LogP contribution >= 0.6 is 155 Å². The summed E-state index contributed by atoms with van der Waals surface area (Å²) < 4.78 is 78.0. The predicted octanol–water partition coefficient (Wildman–Crippen LogP) is 13.2. The van der Waals surface area contributed by atoms with Gasteiger partial charge in [0.15, 0.2) is 24.4 Å². The molecular weight excluding hydrogens is 2090 g/mol. The van der Waals surface area contributed by atoms with Gasteiger partial charge in [-0.05, 0) is 179 Å². The van der Waals surface area contributed by atoms with Crippen molar-refractivity contribution in [2.24, 2.45) is 0 Å². The number of aliphatic hydroxyl groups is 10. The highest BCUT2D eigenvalue weighted by Gasteiger charge is 2.63. The Morgan fingerprint density at radius 3 is 1.22 bits per heavy atom. The van der Waals surface area contributed by atoms with Crippen molar-refractivity contribution in [3.63, 3.8) is 0 Å². The Hall–Kier alpha value is -5.43. The van der Waals surface area contributed by atoms with Crippen LogP contribution in [0.15, 0.2) is 136 Å². The molecule has 4 aliphatic heterocycles. The molecule has 692 valence electrons. The van der Waals surface area contributed by atoms with E-state index in [1.807, 2.05) is 24.3 Å². The van der Waals surface area contributed by atoms with Crippen LogP contribution in [0.5, 0.6) is 0 Å². The summed E-state index contributed by atoms with van der Waals surface area (Å²) in [5.41, 5.74) is 3.25. The molecule has 8 heterocycles. The number of carbonyl (C=O) groups excluding carboxylic acids is 7. The minimum Gasteiger partial charge on any atom is -0.456 e. The molecule has 0 radical (unpaired) electrons. The third-order valence-electron chi connectivity index (χ3n) is 20.6. The van der Waals surface area contributed by atoms with Crippen LogP contribution in [0.25, 0.3) is 0 Å². The topological polar surface area (TPSA) is 442 Å². The van der Waals surface area contributed by atoms with Crippen LogP contribution in [0.2, 0.25) is 20.1 Å². The Morgan fingerprint density at radius 2 is 0.819 bits per heavy atom. The lowest BCUT2D eigenvalue weighted by molar-refractivity contribution is -0.366. The lowest BCUT2D eigenvalue weighted by Gasteiger charge is -2.50. The van der Waals surface area contributed by atoms with Crippen molar-refractivity contribution in [2.45, 2.75) is 208 Å². The van der Waals surface area contributed by atoms with Crippen molar-refractivity contribution in [3.8, 4) is 0 Å². The lowest BCUT2D eigenvalue weighted by Crippen LogP contribution is -2.66. The minimum absolute atomic E-state index is 0.161. The van der Waals surface area contributed by atoms with E-state index in [0.717, 1.165) is 25.6 Å². The maximum Gasteiger partial charge on any atom is 0.303 e. The summed E-state index contributed by atoms with van der Waals surface area (Å²) in [4.78, 5) is 88.6. The van der Waals surface area contributed by atoms with E-state index in [1.54, 1.807) is 91.9 Å². The van der Waals surface area contributed by atoms with Gasteiger partial charge in [0.1, 0.15) is 79.4 Å². The Balaban J connectivity index is 0.000000194. The Kier molecular flexibility index (Phi) is 38.5. The van der Waals surface area contributed by atoms with E-state index in [1.165, 1.54) is 127 Å². The van der Waals surface area contributed by atoms with Gasteiger partial charge < -0.3 is 113 Å². The maximum absolute atomic E-state index is 13.3. The first kappa shape index (κ1) is 105. The zero-order valence-electron chi connectivity index (χ0n) is 69.3. The van der Waals surface area contributed by atoms with Gasteiger partial charge in [-0.25, -0.2) is 0 Å². The predicted molar refractivity (Wildman–Crippen MR) is 481 cm³/mol. The molecule has 0 aliphatic carbocycles. The molecule has 127 heavy (non-hydrogen) atoms. The van der Waals surface area contributed by atoms with Crippen LogP contribution in [0, 0.1) is 0 Å². The fraction of sp³-hybridized carbons (Fsp3) is 0.447. The zero-order chi connectivity index (χ0) is 93.8. The molecule has 0 saturated carbocycles. The molecule has 30 nitrogen and oxygen atoms in total. The van der Waals surface area contributed by atoms with E-state index in [9.17, 15) is 84.6 Å². The highest BCUT2D eigenvalue weighted by atomic mass is 79.9. The molecular formula is C85H92Br4Cl4O30S4. The number of ether oxygens (including phenoxy) is 13. The standard InChI is InChI=1S/C25H28BrClO9S.C25H26BrClO9S.C18H20BrClO7S.C17H18BrClO5S/c2*1-6-18-22(33-12(2)28)23(34-13(3)29)24(35-14(4)30)25(32-5,36-18)15-7-8-17(27)16(11-15)21(31)19-9-10-20(26)37-19;1-26-18(17(25)16(24)15(23)11(7-21)27-18)8-2-3-10(20)9(6-8)14(22)12-4-5-13(19)28-12;18-13-4-2-10(25-13)6-9-5-8(1-3-11(9)19)17-16(23)15(22)14(21)12(7-20)24-17/h7-11,18,21-24,31H,6H2,1-5H3;7-11,18,22-24H,6H2,1-5H3;2-6,11,14-17,21-25H,7H2,1H3;1-5,12,14-17,20-23H,6-7H2/t18-,21?,22-,23+,24-,25?;18-,22-,23+,24-,25?;11-,14?,15-,16+,17-,18?;12-,14-,15+,16-,17+/m1111/s1. The Labute approximate surface area is 799 Å². The van der Waals surface area contributed by atoms with E-state index in [4.69, 9.17) is 108 Å². The quantitative estimate of drug-likeness (QED) is 0.0144. The van der Waals surface area contributed by atoms with Gasteiger partial charge in [0.25, 0.3) is 0 Å².